The number of sulfonamides is 1. The molecule has 8 nitrogen and oxygen atoms in total. The molecule has 1 amide bonds. The molecule has 0 bridgehead atoms. The van der Waals surface area contributed by atoms with Gasteiger partial charge in [0.05, 0.1) is 17.7 Å². The first-order valence-corrected chi connectivity index (χ1v) is 12.7. The van der Waals surface area contributed by atoms with Gasteiger partial charge in [0.25, 0.3) is 5.91 Å². The van der Waals surface area contributed by atoms with Gasteiger partial charge in [-0.3, -0.25) is 9.69 Å². The molecule has 33 heavy (non-hydrogen) atoms. The number of carbonyl (C=O) groups is 1. The van der Waals surface area contributed by atoms with Gasteiger partial charge in [-0.15, -0.1) is 0 Å². The van der Waals surface area contributed by atoms with Crippen molar-refractivity contribution in [1.82, 2.24) is 14.6 Å². The Labute approximate surface area is 196 Å². The molecule has 0 saturated carbocycles. The smallest absolute Gasteiger partial charge is 0.254 e. The first-order chi connectivity index (χ1) is 15.8. The SMILES string of the molecule is CCN(CC)c1ccc(/C=N/NC(=O)CN2CCN(S(=O)(=O)c3ccc(C)cc3)CC2)cc1. The van der Waals surface area contributed by atoms with Crippen LogP contribution in [0.25, 0.3) is 0 Å². The third-order valence-electron chi connectivity index (χ3n) is 5.78. The number of piperazine rings is 1. The van der Waals surface area contributed by atoms with E-state index in [9.17, 15) is 13.2 Å². The third-order valence-corrected chi connectivity index (χ3v) is 7.69. The number of rotatable bonds is 9. The van der Waals surface area contributed by atoms with Crippen LogP contribution in [0.1, 0.15) is 25.0 Å². The number of carbonyl (C=O) groups excluding carboxylic acids is 1. The van der Waals surface area contributed by atoms with Crippen LogP contribution in [-0.4, -0.2) is 75.6 Å². The molecular weight excluding hydrogens is 438 g/mol. The summed E-state index contributed by atoms with van der Waals surface area (Å²) >= 11 is 0. The molecule has 1 heterocycles. The number of nitrogens with one attached hydrogen (secondary N) is 1. The molecule has 0 aromatic heterocycles. The first kappa shape index (κ1) is 24.9. The molecule has 178 valence electrons. The van der Waals surface area contributed by atoms with Gasteiger partial charge in [-0.25, -0.2) is 13.8 Å². The predicted molar refractivity (Wildman–Crippen MR) is 132 cm³/mol. The zero-order chi connectivity index (χ0) is 23.8. The number of benzene rings is 2. The summed E-state index contributed by atoms with van der Waals surface area (Å²) in [6.45, 7) is 9.94. The van der Waals surface area contributed by atoms with E-state index in [1.807, 2.05) is 36.1 Å². The van der Waals surface area contributed by atoms with Crippen molar-refractivity contribution in [3.05, 3.63) is 59.7 Å². The molecule has 2 aromatic rings. The molecule has 0 radical (unpaired) electrons. The number of nitrogens with zero attached hydrogens (tertiary/aromatic N) is 4. The lowest BCUT2D eigenvalue weighted by atomic mass is 10.2. The average Bonchev–Trinajstić information content (AvgIpc) is 2.81. The number of hydrogen-bond donors (Lipinski definition) is 1. The summed E-state index contributed by atoms with van der Waals surface area (Å²) in [4.78, 5) is 16.7. The van der Waals surface area contributed by atoms with Gasteiger partial charge in [-0.05, 0) is 50.6 Å². The largest absolute Gasteiger partial charge is 0.372 e. The zero-order valence-corrected chi connectivity index (χ0v) is 20.4. The second-order valence-electron chi connectivity index (χ2n) is 8.05. The maximum atomic E-state index is 12.8. The minimum Gasteiger partial charge on any atom is -0.372 e. The Kier molecular flexibility index (Phi) is 8.60. The van der Waals surface area contributed by atoms with E-state index in [1.54, 1.807) is 30.5 Å². The molecule has 1 N–H and O–H groups in total. The Morgan fingerprint density at radius 1 is 1.00 bits per heavy atom. The monoisotopic (exact) mass is 471 g/mol. The summed E-state index contributed by atoms with van der Waals surface area (Å²) in [7, 11) is -3.51. The number of hydrazone groups is 1. The van der Waals surface area contributed by atoms with Crippen molar-refractivity contribution >= 4 is 27.8 Å². The van der Waals surface area contributed by atoms with Crippen LogP contribution in [0.2, 0.25) is 0 Å². The molecule has 0 aliphatic carbocycles. The van der Waals surface area contributed by atoms with Crippen LogP contribution < -0.4 is 10.3 Å². The molecular formula is C24H33N5O3S. The molecule has 0 atom stereocenters. The van der Waals surface area contributed by atoms with Gasteiger partial charge in [0.15, 0.2) is 0 Å². The summed E-state index contributed by atoms with van der Waals surface area (Å²) in [5, 5.41) is 4.05. The minimum atomic E-state index is -3.51. The van der Waals surface area contributed by atoms with Crippen LogP contribution in [0.15, 0.2) is 58.5 Å². The van der Waals surface area contributed by atoms with Crippen molar-refractivity contribution in [1.29, 1.82) is 0 Å². The fourth-order valence-electron chi connectivity index (χ4n) is 3.76. The predicted octanol–water partition coefficient (Wildman–Crippen LogP) is 2.30. The number of anilines is 1. The molecule has 2 aromatic carbocycles. The summed E-state index contributed by atoms with van der Waals surface area (Å²) in [5.74, 6) is -0.221. The van der Waals surface area contributed by atoms with Crippen LogP contribution in [-0.2, 0) is 14.8 Å². The van der Waals surface area contributed by atoms with Gasteiger partial charge in [0, 0.05) is 45.0 Å². The van der Waals surface area contributed by atoms with Crippen molar-refractivity contribution in [2.45, 2.75) is 25.7 Å². The second kappa shape index (κ2) is 11.4. The molecule has 3 rings (SSSR count). The summed E-state index contributed by atoms with van der Waals surface area (Å²) < 4.78 is 27.1. The van der Waals surface area contributed by atoms with E-state index in [0.717, 1.165) is 29.9 Å². The van der Waals surface area contributed by atoms with Gasteiger partial charge < -0.3 is 4.90 Å². The lowest BCUT2D eigenvalue weighted by Gasteiger charge is -2.33. The van der Waals surface area contributed by atoms with E-state index in [2.05, 4.69) is 29.3 Å². The van der Waals surface area contributed by atoms with Crippen molar-refractivity contribution in [2.75, 3.05) is 50.7 Å². The lowest BCUT2D eigenvalue weighted by molar-refractivity contribution is -0.122. The van der Waals surface area contributed by atoms with Crippen molar-refractivity contribution in [3.63, 3.8) is 0 Å². The second-order valence-corrected chi connectivity index (χ2v) is 9.99. The Hall–Kier alpha value is -2.75. The molecule has 1 saturated heterocycles. The van der Waals surface area contributed by atoms with Crippen LogP contribution >= 0.6 is 0 Å². The van der Waals surface area contributed by atoms with E-state index in [0.29, 0.717) is 31.1 Å². The zero-order valence-electron chi connectivity index (χ0n) is 19.6. The van der Waals surface area contributed by atoms with Gasteiger partial charge in [-0.2, -0.15) is 9.41 Å². The minimum absolute atomic E-state index is 0.177. The Balaban J connectivity index is 1.45. The van der Waals surface area contributed by atoms with Crippen molar-refractivity contribution in [3.8, 4) is 0 Å². The summed E-state index contributed by atoms with van der Waals surface area (Å²) in [6.07, 6.45) is 1.62. The summed E-state index contributed by atoms with van der Waals surface area (Å²) in [6, 6.07) is 14.9. The van der Waals surface area contributed by atoms with Crippen LogP contribution in [0.4, 0.5) is 5.69 Å². The Bertz CT molecular complexity index is 1040. The fraction of sp³-hybridized carbons (Fsp3) is 0.417. The van der Waals surface area contributed by atoms with E-state index < -0.39 is 10.0 Å². The van der Waals surface area contributed by atoms with Gasteiger partial charge in [-0.1, -0.05) is 29.8 Å². The van der Waals surface area contributed by atoms with E-state index in [1.165, 1.54) is 4.31 Å². The molecule has 9 heteroatoms. The van der Waals surface area contributed by atoms with Crippen LogP contribution in [0.5, 0.6) is 0 Å². The van der Waals surface area contributed by atoms with Crippen LogP contribution in [0.3, 0.4) is 0 Å². The maximum absolute atomic E-state index is 12.8. The highest BCUT2D eigenvalue weighted by molar-refractivity contribution is 7.89. The topological polar surface area (TPSA) is 85.3 Å². The quantitative estimate of drug-likeness (QED) is 0.448. The van der Waals surface area contributed by atoms with E-state index >= 15 is 0 Å². The Morgan fingerprint density at radius 2 is 1.61 bits per heavy atom. The molecule has 1 aliphatic rings. The van der Waals surface area contributed by atoms with E-state index in [4.69, 9.17) is 0 Å². The van der Waals surface area contributed by atoms with Gasteiger partial charge in [0.1, 0.15) is 0 Å². The van der Waals surface area contributed by atoms with Gasteiger partial charge >= 0.3 is 0 Å². The average molecular weight is 472 g/mol. The summed E-state index contributed by atoms with van der Waals surface area (Å²) in [5.41, 5.74) is 5.64. The molecule has 1 aliphatic heterocycles. The Morgan fingerprint density at radius 3 is 2.18 bits per heavy atom. The van der Waals surface area contributed by atoms with Crippen molar-refractivity contribution in [2.24, 2.45) is 5.10 Å². The molecule has 0 unspecified atom stereocenters. The molecule has 1 fully saturated rings. The highest BCUT2D eigenvalue weighted by atomic mass is 32.2. The van der Waals surface area contributed by atoms with E-state index in [-0.39, 0.29) is 12.5 Å². The fourth-order valence-corrected chi connectivity index (χ4v) is 5.19. The van der Waals surface area contributed by atoms with Crippen LogP contribution in [0, 0.1) is 6.92 Å². The lowest BCUT2D eigenvalue weighted by Crippen LogP contribution is -2.50. The number of aryl methyl sites for hydroxylation is 1. The highest BCUT2D eigenvalue weighted by Gasteiger charge is 2.28. The third kappa shape index (κ3) is 6.63. The first-order valence-electron chi connectivity index (χ1n) is 11.3. The van der Waals surface area contributed by atoms with Crippen molar-refractivity contribution < 1.29 is 13.2 Å². The number of hydrogen-bond acceptors (Lipinski definition) is 6. The molecule has 0 spiro atoms. The standard InChI is InChI=1S/C24H33N5O3S/c1-4-28(5-2)22-10-8-21(9-11-22)18-25-26-24(30)19-27-14-16-29(17-15-27)33(31,32)23-12-6-20(3)7-13-23/h6-13,18H,4-5,14-17,19H2,1-3H3,(H,26,30)/b25-18+. The normalized spacial score (nSPS) is 15.6. The van der Waals surface area contributed by atoms with Gasteiger partial charge in [0.2, 0.25) is 10.0 Å². The highest BCUT2D eigenvalue weighted by Crippen LogP contribution is 2.18. The maximum Gasteiger partial charge on any atom is 0.254 e. The number of amides is 1.